The molecule has 0 atom stereocenters. The minimum absolute atomic E-state index is 0.114. The Morgan fingerprint density at radius 2 is 0.578 bits per heavy atom. The number of halogens is 7. The summed E-state index contributed by atoms with van der Waals surface area (Å²) in [6, 6.07) is 46.4. The van der Waals surface area contributed by atoms with E-state index < -0.39 is 0 Å². The number of hydrogen-bond donors (Lipinski definition) is 5. The summed E-state index contributed by atoms with van der Waals surface area (Å²) >= 11 is 9.31. The van der Waals surface area contributed by atoms with Crippen molar-refractivity contribution in [3.05, 3.63) is 298 Å². The van der Waals surface area contributed by atoms with Crippen LogP contribution in [0.25, 0.3) is 45.0 Å². The summed E-state index contributed by atoms with van der Waals surface area (Å²) in [6.07, 6.45) is 12.6. The third-order valence-corrected chi connectivity index (χ3v) is 20.9. The van der Waals surface area contributed by atoms with Crippen molar-refractivity contribution in [2.24, 2.45) is 0 Å². The lowest BCUT2D eigenvalue weighted by Crippen LogP contribution is -2.20. The van der Waals surface area contributed by atoms with Crippen molar-refractivity contribution in [3.63, 3.8) is 0 Å². The zero-order valence-corrected chi connectivity index (χ0v) is 67.0. The first-order valence-electron chi connectivity index (χ1n) is 39.1. The van der Waals surface area contributed by atoms with Gasteiger partial charge in [-0.2, -0.15) is 0 Å². The highest BCUT2D eigenvalue weighted by Crippen LogP contribution is 2.39. The fraction of sp³-hybridized carbons (Fsp3) is 0.261. The number of anilines is 4. The van der Waals surface area contributed by atoms with Crippen LogP contribution in [0.4, 0.5) is 45.2 Å². The number of carbonyl (C=O) groups excluding carboxylic acids is 4. The number of carbonyl (C=O) groups is 4. The highest BCUT2D eigenvalue weighted by atomic mass is 79.9. The second-order valence-corrected chi connectivity index (χ2v) is 30.3. The molecule has 4 aromatic heterocycles. The number of amides is 4. The fourth-order valence-corrected chi connectivity index (χ4v) is 14.9. The number of phenolic OH excluding ortho intramolecular Hbond substituents is 1. The highest BCUT2D eigenvalue weighted by molar-refractivity contribution is 9.10. The number of benzene rings is 8. The number of aromatic nitrogens is 8. The molecule has 0 radical (unpaired) electrons. The van der Waals surface area contributed by atoms with Gasteiger partial charge in [0.15, 0.2) is 23.3 Å². The van der Waals surface area contributed by atoms with Crippen LogP contribution in [0.1, 0.15) is 143 Å². The van der Waals surface area contributed by atoms with Crippen LogP contribution in [0.15, 0.2) is 174 Å². The van der Waals surface area contributed by atoms with E-state index in [-0.39, 0.29) is 84.1 Å². The van der Waals surface area contributed by atoms with Crippen molar-refractivity contribution in [1.29, 1.82) is 0 Å². The molecule has 0 bridgehead atoms. The Hall–Kier alpha value is -11.8. The Labute approximate surface area is 683 Å². The van der Waals surface area contributed by atoms with Gasteiger partial charge in [0.25, 0.3) is 0 Å². The maximum Gasteiger partial charge on any atom is 0.229 e. The van der Waals surface area contributed by atoms with Gasteiger partial charge in [-0.05, 0) is 243 Å². The SMILES string of the molecule is CCCc1nc2c(nc1NC(=O)Cc1ccc(Br)cc1)CCc1cc(F)ccc1-2.CCCc1nc2c(nc1NC(=O)Cc1ccc(Cl)cc1)CCc1cc(F)ccc1-2.CCCc1nc2c(nc1NC(=O)Cc1ccc(F)cc1)CCc1cc(F)ccc1-2.CCCc1nc2c(nc1NC(=O)Cc1ccc(O)cc1)CCc1cc(F)ccc1-2. The van der Waals surface area contributed by atoms with Crippen molar-refractivity contribution in [3.8, 4) is 50.8 Å². The third-order valence-electron chi connectivity index (χ3n) is 20.1. The lowest BCUT2D eigenvalue weighted by atomic mass is 9.91. The lowest BCUT2D eigenvalue weighted by molar-refractivity contribution is -0.116. The maximum absolute atomic E-state index is 13.6. The van der Waals surface area contributed by atoms with E-state index in [0.29, 0.717) is 105 Å². The second-order valence-electron chi connectivity index (χ2n) is 28.9. The van der Waals surface area contributed by atoms with Crippen molar-refractivity contribution in [1.82, 2.24) is 39.9 Å². The minimum atomic E-state index is -0.333. The number of fused-ring (bicyclic) bond motifs is 12. The van der Waals surface area contributed by atoms with E-state index in [1.165, 1.54) is 36.4 Å². The fourth-order valence-electron chi connectivity index (χ4n) is 14.5. The predicted molar refractivity (Wildman–Crippen MR) is 445 cm³/mol. The van der Waals surface area contributed by atoms with Crippen LogP contribution in [0.3, 0.4) is 0 Å². The molecule has 8 aromatic carbocycles. The first-order chi connectivity index (χ1) is 56.1. The molecule has 16 rings (SSSR count). The van der Waals surface area contributed by atoms with E-state index in [1.54, 1.807) is 97.1 Å². The first kappa shape index (κ1) is 82.2. The predicted octanol–water partition coefficient (Wildman–Crippen LogP) is 19.3. The van der Waals surface area contributed by atoms with Crippen LogP contribution in [-0.4, -0.2) is 68.6 Å². The molecular formula is C92H85BrClF5N12O5. The summed E-state index contributed by atoms with van der Waals surface area (Å²) < 4.78 is 68.4. The molecule has 0 saturated heterocycles. The molecule has 24 heteroatoms. The average Bonchev–Trinajstić information content (AvgIpc) is 0.788. The first-order valence-corrected chi connectivity index (χ1v) is 40.2. The average molecular weight is 1650 g/mol. The van der Waals surface area contributed by atoms with E-state index in [0.717, 1.165) is 165 Å². The van der Waals surface area contributed by atoms with Gasteiger partial charge in [-0.15, -0.1) is 0 Å². The monoisotopic (exact) mass is 1650 g/mol. The Morgan fingerprint density at radius 1 is 0.336 bits per heavy atom. The van der Waals surface area contributed by atoms with E-state index in [4.69, 9.17) is 51.5 Å². The van der Waals surface area contributed by atoms with Crippen LogP contribution in [0, 0.1) is 29.1 Å². The number of aryl methyl sites for hydroxylation is 12. The number of aromatic hydroxyl groups is 1. The lowest BCUT2D eigenvalue weighted by Gasteiger charge is -2.21. The van der Waals surface area contributed by atoms with E-state index in [9.17, 15) is 46.2 Å². The molecular weight excluding hydrogens is 1560 g/mol. The van der Waals surface area contributed by atoms with Gasteiger partial charge >= 0.3 is 0 Å². The molecule has 592 valence electrons. The van der Waals surface area contributed by atoms with Gasteiger partial charge < -0.3 is 26.4 Å². The number of rotatable bonds is 20. The van der Waals surface area contributed by atoms with Gasteiger partial charge in [0.2, 0.25) is 23.6 Å². The van der Waals surface area contributed by atoms with Crippen LogP contribution in [-0.2, 0) is 122 Å². The number of hydrogen-bond acceptors (Lipinski definition) is 13. The molecule has 116 heavy (non-hydrogen) atoms. The molecule has 5 N–H and O–H groups in total. The quantitative estimate of drug-likeness (QED) is 0.0447. The van der Waals surface area contributed by atoms with Crippen molar-refractivity contribution < 1.29 is 46.2 Å². The molecule has 0 saturated carbocycles. The summed E-state index contributed by atoms with van der Waals surface area (Å²) in [7, 11) is 0. The van der Waals surface area contributed by atoms with E-state index >= 15 is 0 Å². The van der Waals surface area contributed by atoms with Crippen LogP contribution in [0.5, 0.6) is 5.75 Å². The minimum Gasteiger partial charge on any atom is -0.508 e. The summed E-state index contributed by atoms with van der Waals surface area (Å²) in [5, 5.41) is 21.7. The van der Waals surface area contributed by atoms with Crippen molar-refractivity contribution >= 4 is 74.4 Å². The van der Waals surface area contributed by atoms with Gasteiger partial charge in [-0.1, -0.05) is 129 Å². The number of nitrogens with zero attached hydrogens (tertiary/aromatic N) is 8. The van der Waals surface area contributed by atoms with Gasteiger partial charge in [-0.25, -0.2) is 61.8 Å². The van der Waals surface area contributed by atoms with Gasteiger partial charge in [0, 0.05) is 31.7 Å². The van der Waals surface area contributed by atoms with Gasteiger partial charge in [0.05, 0.1) is 94.0 Å². The molecule has 0 unspecified atom stereocenters. The number of nitrogens with one attached hydrogen (secondary N) is 4. The largest absolute Gasteiger partial charge is 0.508 e. The summed E-state index contributed by atoms with van der Waals surface area (Å²) in [4.78, 5) is 88.4. The topological polar surface area (TPSA) is 240 Å². The molecule has 4 amide bonds. The second kappa shape index (κ2) is 38.1. The Bertz CT molecular complexity index is 4960. The molecule has 4 heterocycles. The standard InChI is InChI=1S/C23H21BrFN3O.C23H21ClFN3O.C23H21F2N3O.C23H22FN3O2/c3*1-2-3-20-23(28-21(29)12-14-4-7-16(24)8-5-14)27-19-11-6-15-13-17(25)9-10-18(15)22(19)26-20;1-2-3-20-23(27-21(29)12-14-4-8-17(28)9-5-14)26-19-11-6-15-13-16(24)7-10-18(15)22(19)25-20/h3*4-5,7-10,13H,2-3,6,11-12H2,1H3,(H,27,28,29);4-5,7-10,13,28H,2-3,6,11-12H2,1H3,(H,26,27,29). The van der Waals surface area contributed by atoms with E-state index in [2.05, 4.69) is 51.0 Å². The van der Waals surface area contributed by atoms with E-state index in [1.807, 2.05) is 50.2 Å². The Kier molecular flexibility index (Phi) is 27.0. The zero-order valence-electron chi connectivity index (χ0n) is 64.6. The van der Waals surface area contributed by atoms with Crippen molar-refractivity contribution in [2.45, 2.75) is 156 Å². The summed E-state index contributed by atoms with van der Waals surface area (Å²) in [6.45, 7) is 8.21. The molecule has 0 fully saturated rings. The van der Waals surface area contributed by atoms with Crippen LogP contribution >= 0.6 is 27.5 Å². The van der Waals surface area contributed by atoms with Gasteiger partial charge in [-0.3, -0.25) is 19.2 Å². The summed E-state index contributed by atoms with van der Waals surface area (Å²) in [5.41, 5.74) is 20.3. The maximum atomic E-state index is 13.6. The Morgan fingerprint density at radius 3 is 0.845 bits per heavy atom. The number of phenols is 1. The summed E-state index contributed by atoms with van der Waals surface area (Å²) in [5.74, 6) is 0.254. The molecule has 4 aliphatic carbocycles. The molecule has 12 aromatic rings. The molecule has 0 aliphatic heterocycles. The normalized spacial score (nSPS) is 12.2. The van der Waals surface area contributed by atoms with Crippen molar-refractivity contribution in [2.75, 3.05) is 21.3 Å². The third kappa shape index (κ3) is 20.8. The van der Waals surface area contributed by atoms with Crippen LogP contribution < -0.4 is 21.3 Å². The van der Waals surface area contributed by atoms with Crippen LogP contribution in [0.2, 0.25) is 5.02 Å². The smallest absolute Gasteiger partial charge is 0.229 e. The zero-order chi connectivity index (χ0) is 81.5. The Balaban J connectivity index is 0.000000135. The highest BCUT2D eigenvalue weighted by Gasteiger charge is 2.28. The molecule has 17 nitrogen and oxygen atoms in total. The molecule has 0 spiro atoms. The molecule has 4 aliphatic rings. The van der Waals surface area contributed by atoms with Gasteiger partial charge in [0.1, 0.15) is 34.8 Å².